The highest BCUT2D eigenvalue weighted by Crippen LogP contribution is 2.14. The van der Waals surface area contributed by atoms with Crippen LogP contribution >= 0.6 is 0 Å². The van der Waals surface area contributed by atoms with Gasteiger partial charge in [0.2, 0.25) is 0 Å². The van der Waals surface area contributed by atoms with Gasteiger partial charge < -0.3 is 15.4 Å². The number of anilines is 1. The number of nitrogens with zero attached hydrogens (tertiary/aromatic N) is 3. The van der Waals surface area contributed by atoms with Gasteiger partial charge >= 0.3 is 0 Å². The van der Waals surface area contributed by atoms with E-state index in [1.165, 1.54) is 5.56 Å². The molecule has 1 saturated heterocycles. The Kier molecular flexibility index (Phi) is 5.13. The summed E-state index contributed by atoms with van der Waals surface area (Å²) in [6.07, 6.45) is 3.06. The van der Waals surface area contributed by atoms with Gasteiger partial charge in [-0.2, -0.15) is 0 Å². The molecule has 1 aromatic rings. The van der Waals surface area contributed by atoms with Crippen molar-refractivity contribution in [1.29, 1.82) is 0 Å². The van der Waals surface area contributed by atoms with Crippen LogP contribution in [0.5, 0.6) is 0 Å². The van der Waals surface area contributed by atoms with Crippen molar-refractivity contribution in [2.75, 3.05) is 45.3 Å². The van der Waals surface area contributed by atoms with Crippen molar-refractivity contribution in [2.24, 2.45) is 5.73 Å². The highest BCUT2D eigenvalue weighted by Gasteiger charge is 2.18. The van der Waals surface area contributed by atoms with E-state index in [4.69, 9.17) is 10.5 Å². The topological polar surface area (TPSA) is 54.6 Å². The molecule has 5 nitrogen and oxygen atoms in total. The molecule has 0 spiro atoms. The molecule has 0 saturated carbocycles. The van der Waals surface area contributed by atoms with Crippen LogP contribution in [0.25, 0.3) is 0 Å². The van der Waals surface area contributed by atoms with Crippen molar-refractivity contribution in [3.05, 3.63) is 23.9 Å². The summed E-state index contributed by atoms with van der Waals surface area (Å²) < 4.78 is 5.07. The van der Waals surface area contributed by atoms with E-state index in [1.54, 1.807) is 7.11 Å². The van der Waals surface area contributed by atoms with Gasteiger partial charge in [-0.05, 0) is 18.1 Å². The Morgan fingerprint density at radius 2 is 2.37 bits per heavy atom. The van der Waals surface area contributed by atoms with E-state index in [0.717, 1.165) is 38.4 Å². The molecule has 0 aliphatic carbocycles. The Balaban J connectivity index is 1.87. The van der Waals surface area contributed by atoms with Crippen LogP contribution in [0.15, 0.2) is 18.3 Å². The third-order valence-corrected chi connectivity index (χ3v) is 3.55. The zero-order chi connectivity index (χ0) is 13.7. The van der Waals surface area contributed by atoms with Gasteiger partial charge in [-0.25, -0.2) is 4.98 Å². The number of hydrogen-bond donors (Lipinski definition) is 1. The minimum Gasteiger partial charge on any atom is -0.383 e. The number of methoxy groups -OCH3 is 1. The fraction of sp³-hybridized carbons (Fsp3) is 0.643. The van der Waals surface area contributed by atoms with Crippen molar-refractivity contribution in [3.8, 4) is 0 Å². The minimum atomic E-state index is 0.340. The molecule has 106 valence electrons. The van der Waals surface area contributed by atoms with Gasteiger partial charge in [-0.1, -0.05) is 6.07 Å². The Bertz CT molecular complexity index is 382. The van der Waals surface area contributed by atoms with Crippen LogP contribution in [-0.2, 0) is 11.3 Å². The van der Waals surface area contributed by atoms with E-state index in [1.807, 2.05) is 13.2 Å². The molecule has 5 heteroatoms. The fourth-order valence-electron chi connectivity index (χ4n) is 2.34. The highest BCUT2D eigenvalue weighted by molar-refractivity contribution is 5.38. The molecule has 19 heavy (non-hydrogen) atoms. The summed E-state index contributed by atoms with van der Waals surface area (Å²) in [6.45, 7) is 4.60. The van der Waals surface area contributed by atoms with Gasteiger partial charge in [0.05, 0.1) is 6.61 Å². The normalized spacial score (nSPS) is 19.8. The van der Waals surface area contributed by atoms with E-state index in [0.29, 0.717) is 12.6 Å². The molecule has 1 aliphatic heterocycles. The molecule has 1 aliphatic rings. The molecule has 0 radical (unpaired) electrons. The smallest absolute Gasteiger partial charge is 0.128 e. The van der Waals surface area contributed by atoms with Crippen LogP contribution in [0.1, 0.15) is 12.0 Å². The van der Waals surface area contributed by atoms with E-state index in [9.17, 15) is 0 Å². The lowest BCUT2D eigenvalue weighted by Gasteiger charge is -2.19. The van der Waals surface area contributed by atoms with Crippen molar-refractivity contribution in [1.82, 2.24) is 9.88 Å². The number of hydrogen-bond acceptors (Lipinski definition) is 5. The monoisotopic (exact) mass is 264 g/mol. The quantitative estimate of drug-likeness (QED) is 0.819. The third-order valence-electron chi connectivity index (χ3n) is 3.55. The number of pyridine rings is 1. The third kappa shape index (κ3) is 4.16. The lowest BCUT2D eigenvalue weighted by molar-refractivity contribution is 0.206. The maximum absolute atomic E-state index is 5.91. The number of aromatic nitrogens is 1. The van der Waals surface area contributed by atoms with Crippen molar-refractivity contribution >= 4 is 5.82 Å². The summed E-state index contributed by atoms with van der Waals surface area (Å²) in [4.78, 5) is 8.99. The molecule has 1 fully saturated rings. The average Bonchev–Trinajstić information content (AvgIpc) is 2.82. The van der Waals surface area contributed by atoms with Crippen LogP contribution in [-0.4, -0.2) is 56.3 Å². The number of rotatable bonds is 6. The predicted molar refractivity (Wildman–Crippen MR) is 77.3 cm³/mol. The molecule has 1 atom stereocenters. The van der Waals surface area contributed by atoms with Crippen LogP contribution in [0, 0.1) is 0 Å². The predicted octanol–water partition coefficient (Wildman–Crippen LogP) is 0.697. The second-order valence-corrected chi connectivity index (χ2v) is 5.22. The van der Waals surface area contributed by atoms with Crippen LogP contribution in [0.2, 0.25) is 0 Å². The second kappa shape index (κ2) is 6.84. The fourth-order valence-corrected chi connectivity index (χ4v) is 2.34. The van der Waals surface area contributed by atoms with E-state index >= 15 is 0 Å². The van der Waals surface area contributed by atoms with E-state index in [2.05, 4.69) is 26.9 Å². The van der Waals surface area contributed by atoms with E-state index in [-0.39, 0.29) is 0 Å². The number of nitrogens with two attached hydrogens (primary N) is 1. The first-order valence-electron chi connectivity index (χ1n) is 6.82. The van der Waals surface area contributed by atoms with Crippen molar-refractivity contribution in [2.45, 2.75) is 19.0 Å². The summed E-state index contributed by atoms with van der Waals surface area (Å²) >= 11 is 0. The van der Waals surface area contributed by atoms with Crippen LogP contribution in [0.3, 0.4) is 0 Å². The van der Waals surface area contributed by atoms with Gasteiger partial charge in [0, 0.05) is 52.6 Å². The first-order chi connectivity index (χ1) is 9.19. The Labute approximate surface area is 115 Å². The van der Waals surface area contributed by atoms with Crippen molar-refractivity contribution < 1.29 is 4.74 Å². The molecule has 2 rings (SSSR count). The summed E-state index contributed by atoms with van der Waals surface area (Å²) in [5, 5.41) is 0. The molecular weight excluding hydrogens is 240 g/mol. The second-order valence-electron chi connectivity index (χ2n) is 5.22. The standard InChI is InChI=1S/C14H24N4O/c1-17(7-8-19-2)14-4-3-12(9-16-14)10-18-6-5-13(15)11-18/h3-4,9,13H,5-8,10-11,15H2,1-2H3. The number of likely N-dealkylation sites (tertiary alicyclic amines) is 1. The SMILES string of the molecule is COCCN(C)c1ccc(CN2CCC(N)C2)cn1. The molecule has 0 bridgehead atoms. The molecule has 1 unspecified atom stereocenters. The lowest BCUT2D eigenvalue weighted by atomic mass is 10.2. The van der Waals surface area contributed by atoms with Gasteiger partial charge in [0.1, 0.15) is 5.82 Å². The molecular formula is C14H24N4O. The van der Waals surface area contributed by atoms with Crippen LogP contribution in [0.4, 0.5) is 5.82 Å². The van der Waals surface area contributed by atoms with Crippen molar-refractivity contribution in [3.63, 3.8) is 0 Å². The molecule has 1 aromatic heterocycles. The summed E-state index contributed by atoms with van der Waals surface area (Å²) in [6, 6.07) is 4.56. The first kappa shape index (κ1) is 14.2. The largest absolute Gasteiger partial charge is 0.383 e. The van der Waals surface area contributed by atoms with Gasteiger partial charge in [0.15, 0.2) is 0 Å². The summed E-state index contributed by atoms with van der Waals surface area (Å²) in [5.41, 5.74) is 7.16. The maximum atomic E-state index is 5.91. The Morgan fingerprint density at radius 1 is 1.53 bits per heavy atom. The van der Waals surface area contributed by atoms with Gasteiger partial charge in [-0.15, -0.1) is 0 Å². The molecule has 0 aromatic carbocycles. The maximum Gasteiger partial charge on any atom is 0.128 e. The zero-order valence-corrected chi connectivity index (χ0v) is 11.9. The number of ether oxygens (including phenoxy) is 1. The van der Waals surface area contributed by atoms with E-state index < -0.39 is 0 Å². The number of likely N-dealkylation sites (N-methyl/N-ethyl adjacent to an activating group) is 1. The molecule has 2 N–H and O–H groups in total. The van der Waals surface area contributed by atoms with Crippen LogP contribution < -0.4 is 10.6 Å². The molecule has 2 heterocycles. The Hall–Kier alpha value is -1.17. The summed E-state index contributed by atoms with van der Waals surface area (Å²) in [7, 11) is 3.74. The lowest BCUT2D eigenvalue weighted by Crippen LogP contribution is -2.26. The zero-order valence-electron chi connectivity index (χ0n) is 11.9. The molecule has 0 amide bonds. The first-order valence-corrected chi connectivity index (χ1v) is 6.82. The highest BCUT2D eigenvalue weighted by atomic mass is 16.5. The Morgan fingerprint density at radius 3 is 2.95 bits per heavy atom. The van der Waals surface area contributed by atoms with Gasteiger partial charge in [-0.3, -0.25) is 4.90 Å². The van der Waals surface area contributed by atoms with Gasteiger partial charge in [0.25, 0.3) is 0 Å². The summed E-state index contributed by atoms with van der Waals surface area (Å²) in [5.74, 6) is 0.985. The minimum absolute atomic E-state index is 0.340. The average molecular weight is 264 g/mol.